The lowest BCUT2D eigenvalue weighted by Crippen LogP contribution is -2.04. The quantitative estimate of drug-likeness (QED) is 0.375. The zero-order chi connectivity index (χ0) is 12.3. The van der Waals surface area contributed by atoms with Gasteiger partial charge in [0.2, 0.25) is 0 Å². The number of aliphatic carboxylic acids is 1. The normalized spacial score (nSPS) is 8.13. The fourth-order valence-corrected chi connectivity index (χ4v) is 0.418. The van der Waals surface area contributed by atoms with Crippen LogP contribution in [0.25, 0.3) is 0 Å². The van der Waals surface area contributed by atoms with Crippen LogP contribution in [0.3, 0.4) is 0 Å². The minimum Gasteiger partial charge on any atom is -0.481 e. The fourth-order valence-electron chi connectivity index (χ4n) is 0.418. The Bertz CT molecular complexity index is 221. The smallest absolute Gasteiger partial charge is 0.330 e. The second kappa shape index (κ2) is 10.4. The molecular weight excluding hydrogens is 204 g/mol. The largest absolute Gasteiger partial charge is 0.481 e. The summed E-state index contributed by atoms with van der Waals surface area (Å²) in [6, 6.07) is 0. The van der Waals surface area contributed by atoms with E-state index in [1.54, 1.807) is 0 Å². The number of aliphatic hydroxyl groups excluding tert-OH is 1. The van der Waals surface area contributed by atoms with Gasteiger partial charge in [0.25, 0.3) is 0 Å². The van der Waals surface area contributed by atoms with Crippen molar-refractivity contribution in [3.63, 3.8) is 0 Å². The predicted molar refractivity (Wildman–Crippen MR) is 51.2 cm³/mol. The number of aliphatic hydroxyl groups is 1. The van der Waals surface area contributed by atoms with E-state index in [-0.39, 0.29) is 25.4 Å². The van der Waals surface area contributed by atoms with Crippen LogP contribution in [-0.4, -0.2) is 41.1 Å². The highest BCUT2D eigenvalue weighted by Crippen LogP contribution is 1.77. The van der Waals surface area contributed by atoms with Gasteiger partial charge in [0.15, 0.2) is 0 Å². The van der Waals surface area contributed by atoms with E-state index in [0.29, 0.717) is 0 Å². The molecule has 0 saturated carbocycles. The lowest BCUT2D eigenvalue weighted by molar-refractivity contribution is -0.140. The molecule has 6 nitrogen and oxygen atoms in total. The average Bonchev–Trinajstić information content (AvgIpc) is 2.12. The number of ketones is 1. The van der Waals surface area contributed by atoms with Gasteiger partial charge in [-0.2, -0.15) is 0 Å². The molecule has 0 rings (SSSR count). The van der Waals surface area contributed by atoms with E-state index in [0.717, 1.165) is 6.08 Å². The van der Waals surface area contributed by atoms with Crippen LogP contribution in [0.1, 0.15) is 13.3 Å². The first-order chi connectivity index (χ1) is 6.93. The summed E-state index contributed by atoms with van der Waals surface area (Å²) < 4.78 is 4.33. The zero-order valence-electron chi connectivity index (χ0n) is 8.43. The Labute approximate surface area is 87.2 Å². The van der Waals surface area contributed by atoms with Crippen LogP contribution in [0, 0.1) is 0 Å². The van der Waals surface area contributed by atoms with Crippen molar-refractivity contribution in [1.82, 2.24) is 0 Å². The number of carboxylic acids is 1. The molecule has 0 fully saturated rings. The number of rotatable bonds is 5. The molecule has 86 valence electrons. The number of ether oxygens (including phenoxy) is 1. The molecule has 0 bridgehead atoms. The summed E-state index contributed by atoms with van der Waals surface area (Å²) in [4.78, 5) is 29.6. The van der Waals surface area contributed by atoms with Crippen molar-refractivity contribution < 1.29 is 29.3 Å². The Morgan fingerprint density at radius 3 is 2.13 bits per heavy atom. The van der Waals surface area contributed by atoms with Crippen LogP contribution in [0.4, 0.5) is 0 Å². The lowest BCUT2D eigenvalue weighted by atomic mass is 10.3. The van der Waals surface area contributed by atoms with Crippen LogP contribution < -0.4 is 0 Å². The third-order valence-corrected chi connectivity index (χ3v) is 0.902. The van der Waals surface area contributed by atoms with Crippen molar-refractivity contribution in [3.05, 3.63) is 12.7 Å². The van der Waals surface area contributed by atoms with Gasteiger partial charge in [-0.15, -0.1) is 0 Å². The molecule has 0 aliphatic carbocycles. The van der Waals surface area contributed by atoms with E-state index in [9.17, 15) is 14.4 Å². The summed E-state index contributed by atoms with van der Waals surface area (Å²) in [6.45, 7) is 4.31. The molecule has 0 saturated heterocycles. The maximum absolute atomic E-state index is 10.1. The fraction of sp³-hybridized carbons (Fsp3) is 0.444. The van der Waals surface area contributed by atoms with Gasteiger partial charge in [0.1, 0.15) is 18.8 Å². The van der Waals surface area contributed by atoms with Gasteiger partial charge in [-0.25, -0.2) is 4.79 Å². The first kappa shape index (κ1) is 15.8. The molecule has 0 aromatic rings. The Balaban J connectivity index is 0. The topological polar surface area (TPSA) is 101 Å². The molecule has 0 aliphatic heterocycles. The first-order valence-corrected chi connectivity index (χ1v) is 4.05. The summed E-state index contributed by atoms with van der Waals surface area (Å²) in [5.41, 5.74) is 0. The minimum atomic E-state index is -1.06. The maximum Gasteiger partial charge on any atom is 0.330 e. The Morgan fingerprint density at radius 2 is 1.93 bits per heavy atom. The summed E-state index contributed by atoms with van der Waals surface area (Å²) >= 11 is 0. The first-order valence-electron chi connectivity index (χ1n) is 4.05. The number of Topliss-reactive ketones (excluding diaryl/α,β-unsaturated/α-hetero) is 1. The highest BCUT2D eigenvalue weighted by atomic mass is 16.5. The van der Waals surface area contributed by atoms with Gasteiger partial charge in [-0.05, 0) is 6.92 Å². The van der Waals surface area contributed by atoms with E-state index < -0.39 is 11.9 Å². The monoisotopic (exact) mass is 218 g/mol. The molecule has 0 heterocycles. The SMILES string of the molecule is C=CC(=O)OCCO.CC(=O)CC(=O)O. The number of hydrogen-bond acceptors (Lipinski definition) is 5. The van der Waals surface area contributed by atoms with Gasteiger partial charge in [-0.1, -0.05) is 6.58 Å². The van der Waals surface area contributed by atoms with Crippen LogP contribution in [-0.2, 0) is 19.1 Å². The number of carbonyl (C=O) groups is 3. The Kier molecular flexibility index (Phi) is 10.9. The molecule has 6 heteroatoms. The molecule has 0 radical (unpaired) electrons. The molecule has 0 aliphatic rings. The van der Waals surface area contributed by atoms with Gasteiger partial charge in [0.05, 0.1) is 6.61 Å². The number of carboxylic acid groups (broad SMARTS) is 1. The highest BCUT2D eigenvalue weighted by molar-refractivity contribution is 5.93. The average molecular weight is 218 g/mol. The van der Waals surface area contributed by atoms with E-state index in [1.165, 1.54) is 6.92 Å². The van der Waals surface area contributed by atoms with Crippen molar-refractivity contribution in [3.8, 4) is 0 Å². The lowest BCUT2D eigenvalue weighted by Gasteiger charge is -1.94. The van der Waals surface area contributed by atoms with Gasteiger partial charge >= 0.3 is 11.9 Å². The van der Waals surface area contributed by atoms with Crippen molar-refractivity contribution in [2.45, 2.75) is 13.3 Å². The van der Waals surface area contributed by atoms with Crippen molar-refractivity contribution >= 4 is 17.7 Å². The van der Waals surface area contributed by atoms with E-state index in [1.807, 2.05) is 0 Å². The standard InChI is InChI=1S/C5H8O3.C4H6O3/c1-2-5(7)8-4-3-6;1-3(5)2-4(6)7/h2,6H,1,3-4H2;2H2,1H3,(H,6,7). The van der Waals surface area contributed by atoms with Gasteiger partial charge < -0.3 is 14.9 Å². The molecule has 0 amide bonds. The zero-order valence-corrected chi connectivity index (χ0v) is 8.43. The second-order valence-corrected chi connectivity index (χ2v) is 2.37. The summed E-state index contributed by atoms with van der Waals surface area (Å²) in [5, 5.41) is 16.0. The third kappa shape index (κ3) is 18.9. The van der Waals surface area contributed by atoms with Crippen molar-refractivity contribution in [2.75, 3.05) is 13.2 Å². The summed E-state index contributed by atoms with van der Waals surface area (Å²) in [7, 11) is 0. The minimum absolute atomic E-state index is 0.0465. The van der Waals surface area contributed by atoms with Gasteiger partial charge in [-0.3, -0.25) is 9.59 Å². The number of carbonyl (C=O) groups excluding carboxylic acids is 2. The molecule has 0 aromatic heterocycles. The van der Waals surface area contributed by atoms with Crippen LogP contribution in [0.15, 0.2) is 12.7 Å². The Morgan fingerprint density at radius 1 is 1.40 bits per heavy atom. The Hall–Kier alpha value is -1.69. The molecule has 0 atom stereocenters. The van der Waals surface area contributed by atoms with Crippen molar-refractivity contribution in [1.29, 1.82) is 0 Å². The van der Waals surface area contributed by atoms with Crippen LogP contribution >= 0.6 is 0 Å². The van der Waals surface area contributed by atoms with E-state index in [4.69, 9.17) is 10.2 Å². The highest BCUT2D eigenvalue weighted by Gasteiger charge is 1.98. The van der Waals surface area contributed by atoms with E-state index in [2.05, 4.69) is 11.3 Å². The number of hydrogen-bond donors (Lipinski definition) is 2. The molecular formula is C9H14O6. The van der Waals surface area contributed by atoms with Gasteiger partial charge in [0, 0.05) is 6.08 Å². The molecule has 2 N–H and O–H groups in total. The number of esters is 1. The molecule has 0 spiro atoms. The molecule has 0 unspecified atom stereocenters. The summed E-state index contributed by atoms with van der Waals surface area (Å²) in [6.07, 6.45) is 0.690. The molecule has 0 aromatic carbocycles. The van der Waals surface area contributed by atoms with Crippen LogP contribution in [0.2, 0.25) is 0 Å². The summed E-state index contributed by atoms with van der Waals surface area (Å²) in [5.74, 6) is -1.88. The van der Waals surface area contributed by atoms with Crippen molar-refractivity contribution in [2.24, 2.45) is 0 Å². The van der Waals surface area contributed by atoms with E-state index >= 15 is 0 Å². The predicted octanol–water partition coefficient (Wildman–Crippen LogP) is -0.242. The molecule has 15 heavy (non-hydrogen) atoms. The maximum atomic E-state index is 10.1. The van der Waals surface area contributed by atoms with Crippen LogP contribution in [0.5, 0.6) is 0 Å². The third-order valence-electron chi connectivity index (χ3n) is 0.902. The second-order valence-electron chi connectivity index (χ2n) is 2.37.